The summed E-state index contributed by atoms with van der Waals surface area (Å²) in [7, 11) is 0. The van der Waals surface area contributed by atoms with Crippen molar-refractivity contribution in [1.29, 1.82) is 0 Å². The van der Waals surface area contributed by atoms with Gasteiger partial charge in [-0.3, -0.25) is 4.79 Å². The molecule has 182 valence electrons. The van der Waals surface area contributed by atoms with E-state index in [0.717, 1.165) is 12.8 Å². The predicted molar refractivity (Wildman–Crippen MR) is 133 cm³/mol. The van der Waals surface area contributed by atoms with E-state index in [-0.39, 0.29) is 18.9 Å². The number of aliphatic hydroxyl groups is 1. The van der Waals surface area contributed by atoms with Crippen LogP contribution >= 0.6 is 0 Å². The van der Waals surface area contributed by atoms with E-state index in [0.29, 0.717) is 54.0 Å². The second-order valence-electron chi connectivity index (χ2n) is 8.68. The van der Waals surface area contributed by atoms with Crippen molar-refractivity contribution in [1.82, 2.24) is 5.32 Å². The van der Waals surface area contributed by atoms with Gasteiger partial charge in [0.2, 0.25) is 5.90 Å². The Morgan fingerprint density at radius 2 is 2.09 bits per heavy atom. The minimum Gasteiger partial charge on any atom is -0.494 e. The number of rotatable bonds is 12. The zero-order chi connectivity index (χ0) is 24.7. The van der Waals surface area contributed by atoms with Crippen LogP contribution in [0.3, 0.4) is 0 Å². The van der Waals surface area contributed by atoms with Gasteiger partial charge < -0.3 is 19.9 Å². The number of nitrogens with one attached hydrogen (secondary N) is 1. The molecule has 0 unspecified atom stereocenters. The van der Waals surface area contributed by atoms with Crippen LogP contribution in [0, 0.1) is 5.92 Å². The van der Waals surface area contributed by atoms with Crippen molar-refractivity contribution < 1.29 is 19.4 Å². The third-order valence-electron chi connectivity index (χ3n) is 6.11. The maximum Gasteiger partial charge on any atom is 0.252 e. The van der Waals surface area contributed by atoms with Gasteiger partial charge in [0.25, 0.3) is 5.91 Å². The molecule has 2 aliphatic rings. The monoisotopic (exact) mass is 475 g/mol. The standard InChI is InChI=1S/C26H29N5O4/c1-2-14-26(25(33)28-17-18-8-9-18)23(21-6-3-4-7-22(21)30-31-27)35-24(29-26)19-10-12-20(13-11-19)34-16-5-15-32/h2-4,6-7,10-13,18,23,32H,1,5,8-9,14-17H2,(H,28,33)/t23-,26-/m1/s1. The summed E-state index contributed by atoms with van der Waals surface area (Å²) in [6.45, 7) is 4.94. The van der Waals surface area contributed by atoms with Crippen molar-refractivity contribution in [2.45, 2.75) is 37.3 Å². The van der Waals surface area contributed by atoms with Gasteiger partial charge in [0.05, 0.1) is 6.61 Å². The highest BCUT2D eigenvalue weighted by Gasteiger charge is 2.53. The number of amides is 1. The lowest BCUT2D eigenvalue weighted by molar-refractivity contribution is -0.128. The summed E-state index contributed by atoms with van der Waals surface area (Å²) in [6, 6.07) is 14.3. The third kappa shape index (κ3) is 5.48. The van der Waals surface area contributed by atoms with E-state index in [4.69, 9.17) is 25.1 Å². The maximum absolute atomic E-state index is 13.6. The van der Waals surface area contributed by atoms with Crippen LogP contribution in [0.25, 0.3) is 10.4 Å². The molecule has 0 aromatic heterocycles. The van der Waals surface area contributed by atoms with E-state index in [1.54, 1.807) is 36.4 Å². The fraction of sp³-hybridized carbons (Fsp3) is 0.385. The number of benzene rings is 2. The van der Waals surface area contributed by atoms with Gasteiger partial charge in [0.1, 0.15) is 5.75 Å². The number of carbonyl (C=O) groups excluding carboxylic acids is 1. The number of azide groups is 1. The lowest BCUT2D eigenvalue weighted by atomic mass is 9.84. The average Bonchev–Trinajstić information content (AvgIpc) is 3.63. The quantitative estimate of drug-likeness (QED) is 0.151. The molecule has 9 heteroatoms. The Hall–Kier alpha value is -3.81. The highest BCUT2D eigenvalue weighted by atomic mass is 16.5. The fourth-order valence-corrected chi connectivity index (χ4v) is 4.07. The van der Waals surface area contributed by atoms with E-state index in [1.165, 1.54) is 0 Å². The zero-order valence-corrected chi connectivity index (χ0v) is 19.5. The van der Waals surface area contributed by atoms with Gasteiger partial charge in [0, 0.05) is 47.7 Å². The van der Waals surface area contributed by atoms with Gasteiger partial charge in [-0.1, -0.05) is 35.5 Å². The molecule has 1 amide bonds. The molecule has 4 rings (SSSR count). The molecule has 2 atom stereocenters. The maximum atomic E-state index is 13.6. The van der Waals surface area contributed by atoms with Crippen LogP contribution < -0.4 is 10.1 Å². The van der Waals surface area contributed by atoms with Gasteiger partial charge in [-0.05, 0) is 48.6 Å². The Balaban J connectivity index is 1.71. The van der Waals surface area contributed by atoms with Gasteiger partial charge in [-0.15, -0.1) is 6.58 Å². The Kier molecular flexibility index (Phi) is 7.70. The van der Waals surface area contributed by atoms with Crippen LogP contribution in [0.1, 0.15) is 42.9 Å². The summed E-state index contributed by atoms with van der Waals surface area (Å²) < 4.78 is 12.0. The molecule has 1 heterocycles. The SMILES string of the molecule is C=CC[C@@]1(C(=O)NCC2CC2)N=C(c2ccc(OCCCO)cc2)O[C@@H]1c1ccccc1N=[N+]=[N-]. The van der Waals surface area contributed by atoms with Crippen molar-refractivity contribution in [2.75, 3.05) is 19.8 Å². The average molecular weight is 476 g/mol. The molecule has 9 nitrogen and oxygen atoms in total. The Labute approximate surface area is 204 Å². The summed E-state index contributed by atoms with van der Waals surface area (Å²) in [4.78, 5) is 21.4. The van der Waals surface area contributed by atoms with Crippen LogP contribution in [0.4, 0.5) is 5.69 Å². The third-order valence-corrected chi connectivity index (χ3v) is 6.11. The normalized spacial score (nSPS) is 20.8. The number of aliphatic hydroxyl groups excluding tert-OH is 1. The van der Waals surface area contributed by atoms with Gasteiger partial charge in [0.15, 0.2) is 11.6 Å². The number of nitrogens with zero attached hydrogens (tertiary/aromatic N) is 4. The molecule has 0 bridgehead atoms. The van der Waals surface area contributed by atoms with Crippen LogP contribution in [0.2, 0.25) is 0 Å². The molecule has 1 fully saturated rings. The molecule has 1 aliphatic heterocycles. The topological polar surface area (TPSA) is 129 Å². The molecule has 0 saturated heterocycles. The minimum atomic E-state index is -1.30. The summed E-state index contributed by atoms with van der Waals surface area (Å²) in [5.74, 6) is 1.23. The van der Waals surface area contributed by atoms with E-state index < -0.39 is 11.6 Å². The first-order valence-electron chi connectivity index (χ1n) is 11.7. The molecule has 2 N–H and O–H groups in total. The molecule has 1 aliphatic carbocycles. The zero-order valence-electron chi connectivity index (χ0n) is 19.5. The van der Waals surface area contributed by atoms with Crippen LogP contribution in [0.15, 0.2) is 71.3 Å². The first-order chi connectivity index (χ1) is 17.1. The summed E-state index contributed by atoms with van der Waals surface area (Å²) in [5, 5.41) is 15.8. The molecular formula is C26H29N5O4. The molecule has 1 saturated carbocycles. The van der Waals surface area contributed by atoms with Crippen LogP contribution in [-0.4, -0.2) is 42.2 Å². The van der Waals surface area contributed by atoms with Crippen LogP contribution in [-0.2, 0) is 9.53 Å². The highest BCUT2D eigenvalue weighted by molar-refractivity contribution is 6.01. The number of hydrogen-bond donors (Lipinski definition) is 2. The first kappa shape index (κ1) is 24.3. The summed E-state index contributed by atoms with van der Waals surface area (Å²) in [6.07, 6.45) is 3.85. The molecule has 2 aromatic rings. The van der Waals surface area contributed by atoms with Crippen molar-refractivity contribution in [3.8, 4) is 5.75 Å². The van der Waals surface area contributed by atoms with E-state index >= 15 is 0 Å². The van der Waals surface area contributed by atoms with E-state index in [1.807, 2.05) is 18.2 Å². The number of ether oxygens (including phenoxy) is 2. The van der Waals surface area contributed by atoms with E-state index in [9.17, 15) is 4.79 Å². The second-order valence-corrected chi connectivity index (χ2v) is 8.68. The predicted octanol–water partition coefficient (Wildman–Crippen LogP) is 4.75. The van der Waals surface area contributed by atoms with E-state index in [2.05, 4.69) is 21.9 Å². The first-order valence-corrected chi connectivity index (χ1v) is 11.7. The molecule has 2 aromatic carbocycles. The molecule has 0 radical (unpaired) electrons. The van der Waals surface area contributed by atoms with Gasteiger partial charge >= 0.3 is 0 Å². The second kappa shape index (κ2) is 11.1. The van der Waals surface area contributed by atoms with Gasteiger partial charge in [-0.25, -0.2) is 4.99 Å². The van der Waals surface area contributed by atoms with Crippen molar-refractivity contribution >= 4 is 17.5 Å². The summed E-state index contributed by atoms with van der Waals surface area (Å²) >= 11 is 0. The Bertz CT molecular complexity index is 1140. The largest absolute Gasteiger partial charge is 0.494 e. The Morgan fingerprint density at radius 1 is 1.31 bits per heavy atom. The van der Waals surface area contributed by atoms with Gasteiger partial charge in [-0.2, -0.15) is 0 Å². The number of carbonyl (C=O) groups is 1. The lowest BCUT2D eigenvalue weighted by Gasteiger charge is -2.30. The minimum absolute atomic E-state index is 0.0651. The number of hydrogen-bond acceptors (Lipinski definition) is 6. The number of aliphatic imine (C=N–C) groups is 1. The van der Waals surface area contributed by atoms with Crippen molar-refractivity contribution in [2.24, 2.45) is 16.0 Å². The summed E-state index contributed by atoms with van der Waals surface area (Å²) in [5.41, 5.74) is 9.43. The smallest absolute Gasteiger partial charge is 0.252 e. The van der Waals surface area contributed by atoms with Crippen molar-refractivity contribution in [3.63, 3.8) is 0 Å². The molecule has 35 heavy (non-hydrogen) atoms. The highest BCUT2D eigenvalue weighted by Crippen LogP contribution is 2.45. The van der Waals surface area contributed by atoms with Crippen molar-refractivity contribution in [3.05, 3.63) is 82.8 Å². The fourth-order valence-electron chi connectivity index (χ4n) is 4.07. The Morgan fingerprint density at radius 3 is 2.77 bits per heavy atom. The molecular weight excluding hydrogens is 446 g/mol. The molecule has 0 spiro atoms. The van der Waals surface area contributed by atoms with Crippen LogP contribution in [0.5, 0.6) is 5.75 Å². The lowest BCUT2D eigenvalue weighted by Crippen LogP contribution is -2.48.